The molecule has 1 aromatic heterocycles. The van der Waals surface area contributed by atoms with Crippen molar-refractivity contribution in [2.45, 2.75) is 6.18 Å². The topological polar surface area (TPSA) is 90.1 Å². The van der Waals surface area contributed by atoms with Gasteiger partial charge in [-0.2, -0.15) is 13.2 Å². The highest BCUT2D eigenvalue weighted by Crippen LogP contribution is 2.46. The van der Waals surface area contributed by atoms with E-state index in [9.17, 15) is 22.8 Å². The number of nitrogens with zero attached hydrogens (tertiary/aromatic N) is 1. The van der Waals surface area contributed by atoms with Crippen LogP contribution in [0.3, 0.4) is 0 Å². The number of carbonyl (C=O) groups excluding carboxylic acids is 2. The lowest BCUT2D eigenvalue weighted by Gasteiger charge is -2.24. The molecule has 0 saturated carbocycles. The zero-order valence-electron chi connectivity index (χ0n) is 24.8. The Labute approximate surface area is 256 Å². The molecule has 0 radical (unpaired) electrons. The number of anilines is 1. The van der Waals surface area contributed by atoms with Crippen molar-refractivity contribution >= 4 is 28.3 Å². The fourth-order valence-electron chi connectivity index (χ4n) is 5.24. The van der Waals surface area contributed by atoms with Gasteiger partial charge >= 0.3 is 12.1 Å². The maximum atomic E-state index is 14.2. The van der Waals surface area contributed by atoms with Crippen molar-refractivity contribution in [1.29, 1.82) is 0 Å². The third-order valence-corrected chi connectivity index (χ3v) is 7.29. The molecule has 0 aliphatic carbocycles. The molecule has 0 fully saturated rings. The number of ketones is 1. The summed E-state index contributed by atoms with van der Waals surface area (Å²) in [5.41, 5.74) is 2.95. The molecule has 232 valence electrons. The van der Waals surface area contributed by atoms with Gasteiger partial charge in [0, 0.05) is 29.8 Å². The quantitative estimate of drug-likeness (QED) is 0.165. The van der Waals surface area contributed by atoms with Crippen LogP contribution in [0.2, 0.25) is 0 Å². The number of hydrogen-bond acceptors (Lipinski definition) is 6. The second kappa shape index (κ2) is 12.7. The smallest absolute Gasteiger partial charge is 0.471 e. The Morgan fingerprint density at radius 2 is 1.29 bits per heavy atom. The van der Waals surface area contributed by atoms with Crippen LogP contribution in [0.25, 0.3) is 33.3 Å². The number of rotatable bonds is 10. The van der Waals surface area contributed by atoms with Crippen molar-refractivity contribution in [3.63, 3.8) is 0 Å². The summed E-state index contributed by atoms with van der Waals surface area (Å²) < 4.78 is 63.5. The minimum Gasteiger partial charge on any atom is -0.497 e. The van der Waals surface area contributed by atoms with Gasteiger partial charge in [0.2, 0.25) is 0 Å². The Morgan fingerprint density at radius 1 is 0.733 bits per heavy atom. The molecule has 0 spiro atoms. The average Bonchev–Trinajstić information content (AvgIpc) is 3.46. The lowest BCUT2D eigenvalue weighted by atomic mass is 9.96. The van der Waals surface area contributed by atoms with Crippen molar-refractivity contribution in [1.82, 2.24) is 4.98 Å². The summed E-state index contributed by atoms with van der Waals surface area (Å²) in [6.45, 7) is -0.979. The third-order valence-electron chi connectivity index (χ3n) is 7.29. The van der Waals surface area contributed by atoms with Gasteiger partial charge in [-0.1, -0.05) is 60.7 Å². The van der Waals surface area contributed by atoms with Crippen molar-refractivity contribution in [2.75, 3.05) is 39.9 Å². The first-order valence-corrected chi connectivity index (χ1v) is 13.7. The Hall–Kier alpha value is -5.45. The minimum atomic E-state index is -5.29. The number of alkyl halides is 3. The van der Waals surface area contributed by atoms with Gasteiger partial charge in [-0.05, 0) is 11.1 Å². The number of fused-ring (bicyclic) bond motifs is 1. The van der Waals surface area contributed by atoms with Crippen LogP contribution in [-0.4, -0.2) is 57.8 Å². The molecule has 4 aromatic carbocycles. The zero-order valence-corrected chi connectivity index (χ0v) is 24.8. The highest BCUT2D eigenvalue weighted by atomic mass is 19.4. The van der Waals surface area contributed by atoms with Gasteiger partial charge in [-0.25, -0.2) is 0 Å². The molecule has 0 atom stereocenters. The first kappa shape index (κ1) is 31.0. The van der Waals surface area contributed by atoms with Gasteiger partial charge in [0.05, 0.1) is 62.8 Å². The fraction of sp³-hybridized carbons (Fsp3) is 0.176. The van der Waals surface area contributed by atoms with E-state index in [2.05, 4.69) is 4.98 Å². The van der Waals surface area contributed by atoms with E-state index in [0.717, 1.165) is 11.1 Å². The number of methoxy groups -OCH3 is 4. The van der Waals surface area contributed by atoms with Crippen molar-refractivity contribution < 1.29 is 41.7 Å². The van der Waals surface area contributed by atoms with E-state index in [-0.39, 0.29) is 34.0 Å². The molecular formula is C34H29F3N2O6. The summed E-state index contributed by atoms with van der Waals surface area (Å²) in [6, 6.07) is 24.2. The first-order valence-electron chi connectivity index (χ1n) is 13.7. The molecule has 8 nitrogen and oxygen atoms in total. The number of hydrogen-bond donors (Lipinski definition) is 1. The van der Waals surface area contributed by atoms with Crippen LogP contribution >= 0.6 is 0 Å². The molecule has 0 aliphatic heterocycles. The van der Waals surface area contributed by atoms with E-state index in [1.807, 2.05) is 60.7 Å². The van der Waals surface area contributed by atoms with E-state index in [1.54, 1.807) is 0 Å². The number of benzene rings is 4. The maximum Gasteiger partial charge on any atom is 0.471 e. The molecule has 1 heterocycles. The number of halogens is 3. The standard InChI is InChI=1S/C34H29F3N2O6/c1-42-23-15-22(16-24(17-23)43-2)39(33(41)34(35,36)37)19-25(40)29-26(44-3)18-27(45-4)30-28(20-11-7-5-8-12-20)31(38-32(29)30)21-13-9-6-10-14-21/h5-18,38H,19H2,1-4H3. The number of Topliss-reactive ketones (excluding diaryl/α,β-unsaturated/α-hetero) is 1. The number of aromatic amines is 1. The third kappa shape index (κ3) is 6.01. The molecular weight excluding hydrogens is 589 g/mol. The number of H-pyrrole nitrogens is 1. The normalized spacial score (nSPS) is 11.3. The molecule has 1 N–H and O–H groups in total. The van der Waals surface area contributed by atoms with Crippen LogP contribution < -0.4 is 23.8 Å². The SMILES string of the molecule is COc1cc(OC)cc(N(CC(=O)c2c(OC)cc(OC)c3c(-c4ccccc4)c(-c4ccccc4)[nH]c23)C(=O)C(F)(F)F)c1. The Morgan fingerprint density at radius 3 is 1.80 bits per heavy atom. The lowest BCUT2D eigenvalue weighted by molar-refractivity contribution is -0.170. The number of carbonyl (C=O) groups is 2. The molecule has 0 aliphatic rings. The van der Waals surface area contributed by atoms with Crippen LogP contribution in [-0.2, 0) is 4.79 Å². The molecule has 0 saturated heterocycles. The second-order valence-electron chi connectivity index (χ2n) is 9.90. The molecule has 45 heavy (non-hydrogen) atoms. The van der Waals surface area contributed by atoms with Crippen LogP contribution in [0.1, 0.15) is 10.4 Å². The van der Waals surface area contributed by atoms with Gasteiger partial charge in [-0.15, -0.1) is 0 Å². The zero-order chi connectivity index (χ0) is 32.3. The summed E-state index contributed by atoms with van der Waals surface area (Å²) in [7, 11) is 5.44. The second-order valence-corrected chi connectivity index (χ2v) is 9.90. The number of nitrogens with one attached hydrogen (secondary N) is 1. The van der Waals surface area contributed by atoms with Gasteiger partial charge in [0.15, 0.2) is 5.78 Å². The first-order chi connectivity index (χ1) is 21.6. The summed E-state index contributed by atoms with van der Waals surface area (Å²) in [6.07, 6.45) is -5.29. The van der Waals surface area contributed by atoms with Crippen LogP contribution in [0.15, 0.2) is 84.9 Å². The van der Waals surface area contributed by atoms with E-state index in [0.29, 0.717) is 27.3 Å². The molecule has 1 amide bonds. The summed E-state index contributed by atoms with van der Waals surface area (Å²) in [5.74, 6) is -2.38. The fourth-order valence-corrected chi connectivity index (χ4v) is 5.24. The Kier molecular flexibility index (Phi) is 8.71. The monoisotopic (exact) mass is 618 g/mol. The summed E-state index contributed by atoms with van der Waals surface area (Å²) in [4.78, 5) is 30.7. The van der Waals surface area contributed by atoms with Crippen LogP contribution in [0.4, 0.5) is 18.9 Å². The highest BCUT2D eigenvalue weighted by molar-refractivity contribution is 6.19. The average molecular weight is 619 g/mol. The summed E-state index contributed by atoms with van der Waals surface area (Å²) in [5, 5.41) is 0.517. The number of amides is 1. The van der Waals surface area contributed by atoms with Crippen molar-refractivity contribution in [3.05, 3.63) is 90.5 Å². The molecule has 0 unspecified atom stereocenters. The minimum absolute atomic E-state index is 0.0486. The maximum absolute atomic E-state index is 14.2. The van der Waals surface area contributed by atoms with Gasteiger partial charge in [0.1, 0.15) is 23.0 Å². The lowest BCUT2D eigenvalue weighted by Crippen LogP contribution is -2.44. The largest absolute Gasteiger partial charge is 0.497 e. The van der Waals surface area contributed by atoms with Gasteiger partial charge < -0.3 is 23.9 Å². The van der Waals surface area contributed by atoms with Gasteiger partial charge in [-0.3, -0.25) is 14.5 Å². The molecule has 11 heteroatoms. The Balaban J connectivity index is 1.76. The predicted octanol–water partition coefficient (Wildman–Crippen LogP) is 7.31. The number of ether oxygens (including phenoxy) is 4. The van der Waals surface area contributed by atoms with E-state index in [1.165, 1.54) is 52.7 Å². The highest BCUT2D eigenvalue weighted by Gasteiger charge is 2.44. The van der Waals surface area contributed by atoms with E-state index in [4.69, 9.17) is 18.9 Å². The van der Waals surface area contributed by atoms with Gasteiger partial charge in [0.25, 0.3) is 0 Å². The molecule has 0 bridgehead atoms. The van der Waals surface area contributed by atoms with Crippen molar-refractivity contribution in [2.24, 2.45) is 0 Å². The predicted molar refractivity (Wildman–Crippen MR) is 165 cm³/mol. The van der Waals surface area contributed by atoms with Crippen molar-refractivity contribution in [3.8, 4) is 45.4 Å². The summed E-state index contributed by atoms with van der Waals surface area (Å²) >= 11 is 0. The van der Waals surface area contributed by atoms with E-state index < -0.39 is 24.4 Å². The molecule has 5 rings (SSSR count). The Bertz CT molecular complexity index is 1830. The van der Waals surface area contributed by atoms with Crippen LogP contribution in [0, 0.1) is 0 Å². The number of aromatic nitrogens is 1. The molecule has 5 aromatic rings. The van der Waals surface area contributed by atoms with E-state index >= 15 is 0 Å². The van der Waals surface area contributed by atoms with Crippen LogP contribution in [0.5, 0.6) is 23.0 Å².